The number of thiazole rings is 1. The number of esters is 1. The number of nitrogens with zero attached hydrogens (tertiary/aromatic N) is 1. The molecule has 0 N–H and O–H groups in total. The zero-order valence-corrected chi connectivity index (χ0v) is 14.9. The predicted molar refractivity (Wildman–Crippen MR) is 95.1 cm³/mol. The van der Waals surface area contributed by atoms with Gasteiger partial charge >= 0.3 is 5.97 Å². The molecule has 0 unspecified atom stereocenters. The van der Waals surface area contributed by atoms with Crippen molar-refractivity contribution >= 4 is 28.3 Å². The number of carbonyl (C=O) groups excluding carboxylic acids is 1. The molecular weight excluding hydrogens is 342 g/mol. The van der Waals surface area contributed by atoms with E-state index in [2.05, 4.69) is 4.98 Å². The highest BCUT2D eigenvalue weighted by molar-refractivity contribution is 7.13. The first kappa shape index (κ1) is 17.2. The van der Waals surface area contributed by atoms with E-state index in [1.807, 2.05) is 12.3 Å². The van der Waals surface area contributed by atoms with Crippen molar-refractivity contribution in [2.45, 2.75) is 26.9 Å². The van der Waals surface area contributed by atoms with Gasteiger partial charge in [0.25, 0.3) is 0 Å². The molecule has 7 heteroatoms. The van der Waals surface area contributed by atoms with Gasteiger partial charge in [-0.15, -0.1) is 11.3 Å². The summed E-state index contributed by atoms with van der Waals surface area (Å²) in [5.74, 6) is -0.0208. The van der Waals surface area contributed by atoms with E-state index in [1.165, 1.54) is 17.6 Å². The van der Waals surface area contributed by atoms with E-state index in [4.69, 9.17) is 13.9 Å². The van der Waals surface area contributed by atoms with Crippen LogP contribution in [0.25, 0.3) is 21.5 Å². The van der Waals surface area contributed by atoms with E-state index in [1.54, 1.807) is 32.0 Å². The Kier molecular flexibility index (Phi) is 4.85. The van der Waals surface area contributed by atoms with Gasteiger partial charge in [0.1, 0.15) is 22.6 Å². The Morgan fingerprint density at radius 3 is 2.88 bits per heavy atom. The van der Waals surface area contributed by atoms with Crippen LogP contribution < -0.4 is 10.2 Å². The van der Waals surface area contributed by atoms with Crippen molar-refractivity contribution in [3.05, 3.63) is 45.8 Å². The highest BCUT2D eigenvalue weighted by atomic mass is 32.1. The monoisotopic (exact) mass is 359 g/mol. The Labute approximate surface area is 148 Å². The van der Waals surface area contributed by atoms with Crippen molar-refractivity contribution in [1.29, 1.82) is 0 Å². The van der Waals surface area contributed by atoms with Crippen LogP contribution in [0, 0.1) is 6.92 Å². The molecule has 0 aliphatic rings. The zero-order chi connectivity index (χ0) is 18.0. The summed E-state index contributed by atoms with van der Waals surface area (Å²) in [7, 11) is 0. The Balaban J connectivity index is 1.92. The molecule has 1 atom stereocenters. The number of rotatable bonds is 5. The predicted octanol–water partition coefficient (Wildman–Crippen LogP) is 3.56. The minimum atomic E-state index is -0.748. The van der Waals surface area contributed by atoms with Crippen LogP contribution in [0.2, 0.25) is 0 Å². The SMILES string of the molecule is CCOC(=O)[C@H](C)Oc1ccc2c(=O)c(-c3nc(C)cs3)coc2c1. The van der Waals surface area contributed by atoms with E-state index in [-0.39, 0.29) is 12.0 Å². The summed E-state index contributed by atoms with van der Waals surface area (Å²) in [6.45, 7) is 5.50. The largest absolute Gasteiger partial charge is 0.479 e. The van der Waals surface area contributed by atoms with Gasteiger partial charge in [-0.25, -0.2) is 9.78 Å². The fraction of sp³-hybridized carbons (Fsp3) is 0.278. The average Bonchev–Trinajstić information content (AvgIpc) is 3.01. The van der Waals surface area contributed by atoms with Crippen molar-refractivity contribution in [3.8, 4) is 16.3 Å². The molecule has 2 aromatic heterocycles. The standard InChI is InChI=1S/C18H17NO5S/c1-4-22-18(21)11(3)24-12-5-6-13-15(7-12)23-8-14(16(13)20)17-19-10(2)9-25-17/h5-9,11H,4H2,1-3H3/t11-/m0/s1. The smallest absolute Gasteiger partial charge is 0.347 e. The van der Waals surface area contributed by atoms with Crippen molar-refractivity contribution in [1.82, 2.24) is 4.98 Å². The second-order valence-electron chi connectivity index (χ2n) is 5.44. The van der Waals surface area contributed by atoms with Crippen molar-refractivity contribution < 1.29 is 18.7 Å². The summed E-state index contributed by atoms with van der Waals surface area (Å²) in [6, 6.07) is 4.84. The van der Waals surface area contributed by atoms with Crippen LogP contribution in [0.3, 0.4) is 0 Å². The van der Waals surface area contributed by atoms with Crippen molar-refractivity contribution in [2.24, 2.45) is 0 Å². The molecule has 0 saturated carbocycles. The number of hydrogen-bond acceptors (Lipinski definition) is 7. The van der Waals surface area contributed by atoms with Gasteiger partial charge in [-0.05, 0) is 32.9 Å². The first-order chi connectivity index (χ1) is 12.0. The third-order valence-electron chi connectivity index (χ3n) is 3.53. The maximum Gasteiger partial charge on any atom is 0.347 e. The molecule has 0 spiro atoms. The number of carbonyl (C=O) groups is 1. The van der Waals surface area contributed by atoms with Gasteiger partial charge in [0, 0.05) is 17.1 Å². The molecule has 0 saturated heterocycles. The van der Waals surface area contributed by atoms with E-state index in [0.717, 1.165) is 5.69 Å². The highest BCUT2D eigenvalue weighted by Crippen LogP contribution is 2.25. The molecule has 0 amide bonds. The molecule has 6 nitrogen and oxygen atoms in total. The zero-order valence-electron chi connectivity index (χ0n) is 14.1. The van der Waals surface area contributed by atoms with Crippen molar-refractivity contribution in [3.63, 3.8) is 0 Å². The van der Waals surface area contributed by atoms with E-state index in [9.17, 15) is 9.59 Å². The Morgan fingerprint density at radius 1 is 1.40 bits per heavy atom. The molecule has 2 heterocycles. The minimum absolute atomic E-state index is 0.152. The van der Waals surface area contributed by atoms with Crippen LogP contribution in [-0.4, -0.2) is 23.7 Å². The quantitative estimate of drug-likeness (QED) is 0.648. The van der Waals surface area contributed by atoms with Gasteiger partial charge < -0.3 is 13.9 Å². The van der Waals surface area contributed by atoms with Crippen molar-refractivity contribution in [2.75, 3.05) is 6.61 Å². The summed E-state index contributed by atoms with van der Waals surface area (Å²) in [5, 5.41) is 2.94. The third kappa shape index (κ3) is 3.56. The maximum atomic E-state index is 12.7. The van der Waals surface area contributed by atoms with E-state index < -0.39 is 12.1 Å². The Bertz CT molecular complexity index is 975. The number of aromatic nitrogens is 1. The fourth-order valence-corrected chi connectivity index (χ4v) is 3.12. The lowest BCUT2D eigenvalue weighted by Crippen LogP contribution is -2.26. The molecule has 0 aliphatic carbocycles. The second kappa shape index (κ2) is 7.06. The van der Waals surface area contributed by atoms with Gasteiger partial charge in [-0.1, -0.05) is 0 Å². The van der Waals surface area contributed by atoms with Crippen LogP contribution in [0.1, 0.15) is 19.5 Å². The van der Waals surface area contributed by atoms with Crippen LogP contribution in [-0.2, 0) is 9.53 Å². The van der Waals surface area contributed by atoms with Gasteiger partial charge in [0.15, 0.2) is 6.10 Å². The normalized spacial score (nSPS) is 12.1. The van der Waals surface area contributed by atoms with Crippen LogP contribution >= 0.6 is 11.3 Å². The molecule has 1 aromatic carbocycles. The molecule has 3 rings (SSSR count). The molecule has 0 aliphatic heterocycles. The van der Waals surface area contributed by atoms with Crippen LogP contribution in [0.5, 0.6) is 5.75 Å². The highest BCUT2D eigenvalue weighted by Gasteiger charge is 2.17. The first-order valence-electron chi connectivity index (χ1n) is 7.81. The lowest BCUT2D eigenvalue weighted by atomic mass is 10.1. The Morgan fingerprint density at radius 2 is 2.20 bits per heavy atom. The molecular formula is C18H17NO5S. The van der Waals surface area contributed by atoms with E-state index >= 15 is 0 Å². The van der Waals surface area contributed by atoms with E-state index in [0.29, 0.717) is 27.3 Å². The summed E-state index contributed by atoms with van der Waals surface area (Å²) >= 11 is 1.40. The number of ether oxygens (including phenoxy) is 2. The summed E-state index contributed by atoms with van der Waals surface area (Å²) in [4.78, 5) is 28.6. The number of hydrogen-bond donors (Lipinski definition) is 0. The molecule has 0 bridgehead atoms. The first-order valence-corrected chi connectivity index (χ1v) is 8.69. The van der Waals surface area contributed by atoms with Crippen LogP contribution in [0.15, 0.2) is 39.1 Å². The summed E-state index contributed by atoms with van der Waals surface area (Å²) in [5.41, 5.74) is 1.52. The fourth-order valence-electron chi connectivity index (χ4n) is 2.32. The molecule has 130 valence electrons. The topological polar surface area (TPSA) is 78.6 Å². The second-order valence-corrected chi connectivity index (χ2v) is 6.30. The Hall–Kier alpha value is -2.67. The third-order valence-corrected chi connectivity index (χ3v) is 4.52. The summed E-state index contributed by atoms with van der Waals surface area (Å²) in [6.07, 6.45) is 0.656. The number of aryl methyl sites for hydroxylation is 1. The van der Waals surface area contributed by atoms with Gasteiger partial charge in [-0.3, -0.25) is 4.79 Å². The molecule has 0 fully saturated rings. The number of fused-ring (bicyclic) bond motifs is 1. The lowest BCUT2D eigenvalue weighted by molar-refractivity contribution is -0.150. The minimum Gasteiger partial charge on any atom is -0.479 e. The molecule has 0 radical (unpaired) electrons. The van der Waals surface area contributed by atoms with Crippen LogP contribution in [0.4, 0.5) is 0 Å². The van der Waals surface area contributed by atoms with Gasteiger partial charge in [-0.2, -0.15) is 0 Å². The van der Waals surface area contributed by atoms with Gasteiger partial charge in [0.2, 0.25) is 5.43 Å². The maximum absolute atomic E-state index is 12.7. The average molecular weight is 359 g/mol. The molecule has 25 heavy (non-hydrogen) atoms. The number of benzene rings is 1. The lowest BCUT2D eigenvalue weighted by Gasteiger charge is -2.13. The molecule has 3 aromatic rings. The van der Waals surface area contributed by atoms with Gasteiger partial charge in [0.05, 0.1) is 17.6 Å². The summed E-state index contributed by atoms with van der Waals surface area (Å²) < 4.78 is 16.0.